The number of rotatable bonds is 4. The summed E-state index contributed by atoms with van der Waals surface area (Å²) in [6.45, 7) is 0. The third kappa shape index (κ3) is 4.33. The third-order valence-electron chi connectivity index (χ3n) is 3.32. The highest BCUT2D eigenvalue weighted by molar-refractivity contribution is 8.15. The van der Waals surface area contributed by atoms with Crippen molar-refractivity contribution in [2.24, 2.45) is 4.99 Å². The minimum absolute atomic E-state index is 0.00751. The summed E-state index contributed by atoms with van der Waals surface area (Å²) in [6.07, 6.45) is 1.65. The monoisotopic (exact) mass is 414 g/mol. The maximum atomic E-state index is 12.3. The second-order valence-corrected chi connectivity index (χ2v) is 7.98. The Morgan fingerprint density at radius 2 is 2.24 bits per heavy atom. The number of amides is 2. The molecule has 6 nitrogen and oxygen atoms in total. The molecule has 2 heterocycles. The van der Waals surface area contributed by atoms with Gasteiger partial charge in [0, 0.05) is 30.1 Å². The number of thioether (sulfide) groups is 1. The number of benzene rings is 1. The van der Waals surface area contributed by atoms with Gasteiger partial charge < -0.3 is 5.32 Å². The van der Waals surface area contributed by atoms with Crippen LogP contribution in [-0.2, 0) is 9.59 Å². The summed E-state index contributed by atoms with van der Waals surface area (Å²) in [7, 11) is 1.63. The first-order valence-corrected chi connectivity index (χ1v) is 9.63. The fourth-order valence-corrected chi connectivity index (χ4v) is 4.15. The molecule has 2 amide bonds. The topological polar surface area (TPSA) is 74.7 Å². The van der Waals surface area contributed by atoms with Crippen LogP contribution in [0.4, 0.5) is 10.8 Å². The SMILES string of the molecule is CN1C(=O)C(CC(=O)Nc2cc(Cl)ccc2Cl)SC1=Nc1nccs1. The number of aromatic nitrogens is 1. The normalized spacial score (nSPS) is 18.8. The van der Waals surface area contributed by atoms with Crippen molar-refractivity contribution in [3.63, 3.8) is 0 Å². The van der Waals surface area contributed by atoms with Crippen LogP contribution in [0, 0.1) is 0 Å². The van der Waals surface area contributed by atoms with Crippen molar-refractivity contribution < 1.29 is 9.59 Å². The molecule has 1 N–H and O–H groups in total. The van der Waals surface area contributed by atoms with Crippen LogP contribution < -0.4 is 5.32 Å². The number of halogens is 2. The summed E-state index contributed by atoms with van der Waals surface area (Å²) < 4.78 is 0. The summed E-state index contributed by atoms with van der Waals surface area (Å²) in [6, 6.07) is 4.79. The van der Waals surface area contributed by atoms with Crippen molar-refractivity contribution in [2.45, 2.75) is 11.7 Å². The zero-order valence-electron chi connectivity index (χ0n) is 12.9. The molecule has 2 aromatic rings. The van der Waals surface area contributed by atoms with E-state index in [0.717, 1.165) is 0 Å². The maximum absolute atomic E-state index is 12.3. The number of nitrogens with one attached hydrogen (secondary N) is 1. The quantitative estimate of drug-likeness (QED) is 0.818. The van der Waals surface area contributed by atoms with Gasteiger partial charge in [0.15, 0.2) is 5.17 Å². The molecule has 1 unspecified atom stereocenters. The Labute approximate surface area is 162 Å². The Bertz CT molecular complexity index is 842. The van der Waals surface area contributed by atoms with Crippen molar-refractivity contribution in [2.75, 3.05) is 12.4 Å². The number of anilines is 1. The minimum Gasteiger partial charge on any atom is -0.325 e. The third-order valence-corrected chi connectivity index (χ3v) is 5.78. The molecule has 130 valence electrons. The Morgan fingerprint density at radius 3 is 2.96 bits per heavy atom. The zero-order valence-corrected chi connectivity index (χ0v) is 16.0. The Morgan fingerprint density at radius 1 is 1.44 bits per heavy atom. The second-order valence-electron chi connectivity index (χ2n) is 5.09. The molecule has 1 atom stereocenters. The van der Waals surface area contributed by atoms with Crippen molar-refractivity contribution in [3.05, 3.63) is 39.8 Å². The summed E-state index contributed by atoms with van der Waals surface area (Å²) in [4.78, 5) is 34.4. The summed E-state index contributed by atoms with van der Waals surface area (Å²) in [5.41, 5.74) is 0.416. The molecular formula is C15H12Cl2N4O2S2. The summed E-state index contributed by atoms with van der Waals surface area (Å²) in [5.74, 6) is -0.494. The molecule has 1 aromatic carbocycles. The molecule has 1 aliphatic heterocycles. The van der Waals surface area contributed by atoms with Crippen molar-refractivity contribution in [1.82, 2.24) is 9.88 Å². The molecular weight excluding hydrogens is 403 g/mol. The van der Waals surface area contributed by atoms with E-state index in [-0.39, 0.29) is 18.2 Å². The Hall–Kier alpha value is -1.61. The van der Waals surface area contributed by atoms with E-state index >= 15 is 0 Å². The van der Waals surface area contributed by atoms with E-state index in [9.17, 15) is 9.59 Å². The van der Waals surface area contributed by atoms with Gasteiger partial charge in [0.05, 0.1) is 10.7 Å². The van der Waals surface area contributed by atoms with Gasteiger partial charge in [-0.05, 0) is 18.2 Å². The van der Waals surface area contributed by atoms with E-state index < -0.39 is 5.25 Å². The Kier molecular flexibility index (Phi) is 5.63. The van der Waals surface area contributed by atoms with Crippen LogP contribution in [0.5, 0.6) is 0 Å². The van der Waals surface area contributed by atoms with Crippen LogP contribution in [-0.4, -0.2) is 39.2 Å². The molecule has 0 aliphatic carbocycles. The Balaban J connectivity index is 1.67. The van der Waals surface area contributed by atoms with Crippen molar-refractivity contribution in [3.8, 4) is 0 Å². The highest BCUT2D eigenvalue weighted by Gasteiger charge is 2.37. The number of aliphatic imine (C=N–C) groups is 1. The van der Waals surface area contributed by atoms with Crippen LogP contribution in [0.25, 0.3) is 0 Å². The van der Waals surface area contributed by atoms with E-state index in [1.54, 1.807) is 36.8 Å². The largest absolute Gasteiger partial charge is 0.325 e. The lowest BCUT2D eigenvalue weighted by molar-refractivity contribution is -0.127. The molecule has 0 radical (unpaired) electrons. The molecule has 0 bridgehead atoms. The van der Waals surface area contributed by atoms with Crippen LogP contribution >= 0.6 is 46.3 Å². The number of nitrogens with zero attached hydrogens (tertiary/aromatic N) is 3. The first-order valence-electron chi connectivity index (χ1n) is 7.11. The minimum atomic E-state index is -0.540. The predicted octanol–water partition coefficient (Wildman–Crippen LogP) is 4.04. The van der Waals surface area contributed by atoms with Crippen molar-refractivity contribution in [1.29, 1.82) is 0 Å². The van der Waals surface area contributed by atoms with Gasteiger partial charge in [-0.25, -0.2) is 4.98 Å². The van der Waals surface area contributed by atoms with Crippen LogP contribution in [0.3, 0.4) is 0 Å². The highest BCUT2D eigenvalue weighted by atomic mass is 35.5. The molecule has 1 saturated heterocycles. The van der Waals surface area contributed by atoms with Gasteiger partial charge in [0.1, 0.15) is 5.25 Å². The molecule has 10 heteroatoms. The van der Waals surface area contributed by atoms with Crippen LogP contribution in [0.15, 0.2) is 34.8 Å². The highest BCUT2D eigenvalue weighted by Crippen LogP contribution is 2.32. The molecule has 1 fully saturated rings. The standard InChI is InChI=1S/C15H12Cl2N4O2S2/c1-21-13(23)11(25-15(21)20-14-18-4-5-24-14)7-12(22)19-10-6-8(16)2-3-9(10)17/h2-6,11H,7H2,1H3,(H,19,22). The van der Waals surface area contributed by atoms with E-state index in [0.29, 0.717) is 26.0 Å². The lowest BCUT2D eigenvalue weighted by atomic mass is 10.2. The summed E-state index contributed by atoms with van der Waals surface area (Å²) in [5, 5.41) is 5.89. The molecule has 0 saturated carbocycles. The maximum Gasteiger partial charge on any atom is 0.242 e. The number of hydrogen-bond acceptors (Lipinski definition) is 6. The molecule has 3 rings (SSSR count). The van der Waals surface area contributed by atoms with Crippen LogP contribution in [0.2, 0.25) is 10.0 Å². The van der Waals surface area contributed by atoms with Gasteiger partial charge in [-0.2, -0.15) is 4.99 Å². The van der Waals surface area contributed by atoms with Gasteiger partial charge in [0.2, 0.25) is 16.9 Å². The average Bonchev–Trinajstić information content (AvgIpc) is 3.16. The van der Waals surface area contributed by atoms with Gasteiger partial charge in [-0.1, -0.05) is 35.0 Å². The fraction of sp³-hybridized carbons (Fsp3) is 0.200. The molecule has 0 spiro atoms. The van der Waals surface area contributed by atoms with Crippen LogP contribution in [0.1, 0.15) is 6.42 Å². The van der Waals surface area contributed by atoms with E-state index in [2.05, 4.69) is 15.3 Å². The second kappa shape index (κ2) is 7.74. The van der Waals surface area contributed by atoms with Gasteiger partial charge in [-0.15, -0.1) is 11.3 Å². The number of carbonyl (C=O) groups is 2. The number of thiazole rings is 1. The van der Waals surface area contributed by atoms with Crippen molar-refractivity contribution >= 4 is 74.1 Å². The fourth-order valence-electron chi connectivity index (χ4n) is 2.11. The number of carbonyl (C=O) groups excluding carboxylic acids is 2. The molecule has 1 aromatic heterocycles. The van der Waals surface area contributed by atoms with E-state index in [1.165, 1.54) is 28.0 Å². The molecule has 25 heavy (non-hydrogen) atoms. The van der Waals surface area contributed by atoms with E-state index in [1.807, 2.05) is 0 Å². The first kappa shape index (κ1) is 18.2. The van der Waals surface area contributed by atoms with Gasteiger partial charge in [-0.3, -0.25) is 14.5 Å². The smallest absolute Gasteiger partial charge is 0.242 e. The number of hydrogen-bond donors (Lipinski definition) is 1. The lowest BCUT2D eigenvalue weighted by Crippen LogP contribution is -2.30. The van der Waals surface area contributed by atoms with E-state index in [4.69, 9.17) is 23.2 Å². The number of amidine groups is 1. The lowest BCUT2D eigenvalue weighted by Gasteiger charge is -2.10. The summed E-state index contributed by atoms with van der Waals surface area (Å²) >= 11 is 14.6. The zero-order chi connectivity index (χ0) is 18.0. The predicted molar refractivity (Wildman–Crippen MR) is 103 cm³/mol. The van der Waals surface area contributed by atoms with Gasteiger partial charge in [0.25, 0.3) is 0 Å². The average molecular weight is 415 g/mol. The first-order chi connectivity index (χ1) is 11.9. The van der Waals surface area contributed by atoms with Gasteiger partial charge >= 0.3 is 0 Å². The molecule has 1 aliphatic rings.